The fraction of sp³-hybridized carbons (Fsp3) is 0.333. The van der Waals surface area contributed by atoms with Gasteiger partial charge in [-0.05, 0) is 42.5 Å². The molecule has 5 nitrogen and oxygen atoms in total. The van der Waals surface area contributed by atoms with Crippen molar-refractivity contribution in [1.29, 1.82) is 0 Å². The number of imide groups is 1. The molecule has 1 aromatic rings. The maximum absolute atomic E-state index is 12.2. The summed E-state index contributed by atoms with van der Waals surface area (Å²) in [6.45, 7) is 3.10. The van der Waals surface area contributed by atoms with Crippen LogP contribution in [0, 0.1) is 0 Å². The van der Waals surface area contributed by atoms with Gasteiger partial charge in [-0.15, -0.1) is 0 Å². The van der Waals surface area contributed by atoms with Crippen molar-refractivity contribution in [2.45, 2.75) is 6.92 Å². The number of rotatable bonds is 6. The third kappa shape index (κ3) is 3.86. The first-order valence-electron chi connectivity index (χ1n) is 6.63. The van der Waals surface area contributed by atoms with Gasteiger partial charge in [-0.1, -0.05) is 12.1 Å². The number of thioether (sulfide) groups is 1. The minimum Gasteiger partial charge on any atom is -0.494 e. The molecule has 1 aromatic carbocycles. The molecule has 0 aromatic heterocycles. The fourth-order valence-electron chi connectivity index (χ4n) is 1.89. The van der Waals surface area contributed by atoms with Gasteiger partial charge in [-0.2, -0.15) is 0 Å². The number of benzene rings is 1. The average Bonchev–Trinajstić information content (AvgIpc) is 2.72. The van der Waals surface area contributed by atoms with E-state index >= 15 is 0 Å². The number of nitrogens with zero attached hydrogens (tertiary/aromatic N) is 1. The van der Waals surface area contributed by atoms with Crippen LogP contribution in [0.1, 0.15) is 12.5 Å². The van der Waals surface area contributed by atoms with Gasteiger partial charge in [-0.25, -0.2) is 0 Å². The SMILES string of the molecule is CCOc1cccc(/C=C2\SC(=O)N(CCOC)C2=O)c1. The van der Waals surface area contributed by atoms with Crippen molar-refractivity contribution in [2.75, 3.05) is 26.9 Å². The first kappa shape index (κ1) is 15.6. The number of methoxy groups -OCH3 is 1. The Hall–Kier alpha value is -1.79. The maximum atomic E-state index is 12.2. The summed E-state index contributed by atoms with van der Waals surface area (Å²) in [4.78, 5) is 25.6. The van der Waals surface area contributed by atoms with Crippen LogP contribution in [0.15, 0.2) is 29.2 Å². The third-order valence-electron chi connectivity index (χ3n) is 2.86. The van der Waals surface area contributed by atoms with E-state index in [0.717, 1.165) is 23.1 Å². The number of ether oxygens (including phenoxy) is 2. The molecule has 1 aliphatic rings. The fourth-order valence-corrected chi connectivity index (χ4v) is 2.75. The molecule has 2 amide bonds. The normalized spacial score (nSPS) is 16.9. The van der Waals surface area contributed by atoms with Crippen molar-refractivity contribution < 1.29 is 19.1 Å². The standard InChI is InChI=1S/C15H17NO4S/c1-3-20-12-6-4-5-11(9-12)10-13-14(17)16(7-8-19-2)15(18)21-13/h4-6,9-10H,3,7-8H2,1-2H3/b13-10-. The van der Waals surface area contributed by atoms with E-state index < -0.39 is 0 Å². The van der Waals surface area contributed by atoms with Crippen molar-refractivity contribution in [2.24, 2.45) is 0 Å². The van der Waals surface area contributed by atoms with Gasteiger partial charge in [0.15, 0.2) is 0 Å². The van der Waals surface area contributed by atoms with Gasteiger partial charge in [0.2, 0.25) is 0 Å². The monoisotopic (exact) mass is 307 g/mol. The van der Waals surface area contributed by atoms with E-state index in [1.54, 1.807) is 6.08 Å². The van der Waals surface area contributed by atoms with E-state index in [9.17, 15) is 9.59 Å². The van der Waals surface area contributed by atoms with Crippen molar-refractivity contribution in [3.8, 4) is 5.75 Å². The van der Waals surface area contributed by atoms with E-state index in [1.165, 1.54) is 12.0 Å². The van der Waals surface area contributed by atoms with Crippen molar-refractivity contribution >= 4 is 29.0 Å². The summed E-state index contributed by atoms with van der Waals surface area (Å²) in [6, 6.07) is 7.41. The molecule has 0 aliphatic carbocycles. The summed E-state index contributed by atoms with van der Waals surface area (Å²) in [5.41, 5.74) is 0.832. The largest absolute Gasteiger partial charge is 0.494 e. The van der Waals surface area contributed by atoms with Crippen LogP contribution in [0.25, 0.3) is 6.08 Å². The highest BCUT2D eigenvalue weighted by Crippen LogP contribution is 2.32. The second-order valence-corrected chi connectivity index (χ2v) is 5.32. The van der Waals surface area contributed by atoms with E-state index in [-0.39, 0.29) is 17.7 Å². The van der Waals surface area contributed by atoms with Gasteiger partial charge >= 0.3 is 0 Å². The summed E-state index contributed by atoms with van der Waals surface area (Å²) in [5.74, 6) is 0.466. The second kappa shape index (κ2) is 7.28. The van der Waals surface area contributed by atoms with Crippen molar-refractivity contribution in [1.82, 2.24) is 4.90 Å². The molecule has 21 heavy (non-hydrogen) atoms. The average molecular weight is 307 g/mol. The van der Waals surface area contributed by atoms with E-state index in [4.69, 9.17) is 9.47 Å². The number of amides is 2. The summed E-state index contributed by atoms with van der Waals surface area (Å²) < 4.78 is 10.3. The van der Waals surface area contributed by atoms with Crippen LogP contribution in [0.4, 0.5) is 4.79 Å². The molecule has 0 N–H and O–H groups in total. The molecule has 1 aliphatic heterocycles. The first-order chi connectivity index (χ1) is 10.2. The van der Waals surface area contributed by atoms with Crippen LogP contribution in [0.2, 0.25) is 0 Å². The van der Waals surface area contributed by atoms with Crippen LogP contribution in [-0.4, -0.2) is 42.9 Å². The molecule has 1 fully saturated rings. The predicted octanol–water partition coefficient (Wildman–Crippen LogP) is 2.77. The highest BCUT2D eigenvalue weighted by Gasteiger charge is 2.34. The molecule has 0 radical (unpaired) electrons. The molecule has 0 saturated carbocycles. The molecule has 0 atom stereocenters. The minimum absolute atomic E-state index is 0.260. The highest BCUT2D eigenvalue weighted by molar-refractivity contribution is 8.18. The van der Waals surface area contributed by atoms with Crippen LogP contribution in [0.5, 0.6) is 5.75 Å². The molecule has 2 rings (SSSR count). The lowest BCUT2D eigenvalue weighted by atomic mass is 10.2. The molecule has 112 valence electrons. The minimum atomic E-state index is -0.274. The molecule has 0 unspecified atom stereocenters. The lowest BCUT2D eigenvalue weighted by molar-refractivity contribution is -0.123. The summed E-state index contributed by atoms with van der Waals surface area (Å²) in [5, 5.41) is -0.260. The molecular weight excluding hydrogens is 290 g/mol. The summed E-state index contributed by atoms with van der Waals surface area (Å²) in [7, 11) is 1.54. The number of carbonyl (C=O) groups excluding carboxylic acids is 2. The van der Waals surface area contributed by atoms with Crippen LogP contribution in [-0.2, 0) is 9.53 Å². The van der Waals surface area contributed by atoms with E-state index in [2.05, 4.69) is 0 Å². The topological polar surface area (TPSA) is 55.8 Å². The van der Waals surface area contributed by atoms with Gasteiger partial charge in [0.1, 0.15) is 5.75 Å². The Balaban J connectivity index is 2.16. The second-order valence-electron chi connectivity index (χ2n) is 4.33. The lowest BCUT2D eigenvalue weighted by Gasteiger charge is -2.10. The Kier molecular flexibility index (Phi) is 5.41. The number of hydrogen-bond acceptors (Lipinski definition) is 5. The molecule has 1 saturated heterocycles. The van der Waals surface area contributed by atoms with Gasteiger partial charge in [0.25, 0.3) is 11.1 Å². The zero-order chi connectivity index (χ0) is 15.2. The van der Waals surface area contributed by atoms with Gasteiger partial charge in [0, 0.05) is 7.11 Å². The molecule has 6 heteroatoms. The summed E-state index contributed by atoms with van der Waals surface area (Å²) in [6.07, 6.45) is 1.71. The first-order valence-corrected chi connectivity index (χ1v) is 7.44. The highest BCUT2D eigenvalue weighted by atomic mass is 32.2. The lowest BCUT2D eigenvalue weighted by Crippen LogP contribution is -2.31. The van der Waals surface area contributed by atoms with Crippen molar-refractivity contribution in [3.63, 3.8) is 0 Å². The predicted molar refractivity (Wildman–Crippen MR) is 82.2 cm³/mol. The smallest absolute Gasteiger partial charge is 0.293 e. The Labute approximate surface area is 127 Å². The summed E-state index contributed by atoms with van der Waals surface area (Å²) >= 11 is 0.948. The molecule has 1 heterocycles. The van der Waals surface area contributed by atoms with Crippen molar-refractivity contribution in [3.05, 3.63) is 34.7 Å². The molecular formula is C15H17NO4S. The van der Waals surface area contributed by atoms with Crippen LogP contribution < -0.4 is 4.74 Å². The molecule has 0 spiro atoms. The van der Waals surface area contributed by atoms with Gasteiger partial charge in [0.05, 0.1) is 24.7 Å². The maximum Gasteiger partial charge on any atom is 0.293 e. The Morgan fingerprint density at radius 2 is 2.14 bits per heavy atom. The third-order valence-corrected chi connectivity index (χ3v) is 3.77. The van der Waals surface area contributed by atoms with E-state index in [0.29, 0.717) is 18.1 Å². The Morgan fingerprint density at radius 3 is 2.86 bits per heavy atom. The Morgan fingerprint density at radius 1 is 1.33 bits per heavy atom. The quantitative estimate of drug-likeness (QED) is 0.756. The van der Waals surface area contributed by atoms with Crippen LogP contribution >= 0.6 is 11.8 Å². The van der Waals surface area contributed by atoms with E-state index in [1.807, 2.05) is 31.2 Å². The van der Waals surface area contributed by atoms with Crippen LogP contribution in [0.3, 0.4) is 0 Å². The molecule has 0 bridgehead atoms. The number of carbonyl (C=O) groups is 2. The van der Waals surface area contributed by atoms with Gasteiger partial charge < -0.3 is 9.47 Å². The zero-order valence-corrected chi connectivity index (χ0v) is 12.8. The Bertz CT molecular complexity index is 571. The van der Waals surface area contributed by atoms with Gasteiger partial charge in [-0.3, -0.25) is 14.5 Å². The zero-order valence-electron chi connectivity index (χ0n) is 12.0. The number of hydrogen-bond donors (Lipinski definition) is 0.